The molecular formula is C16H17N5S. The van der Waals surface area contributed by atoms with Crippen LogP contribution in [-0.2, 0) is 6.54 Å². The minimum absolute atomic E-state index is 0.699. The van der Waals surface area contributed by atoms with Crippen LogP contribution < -0.4 is 4.90 Å². The summed E-state index contributed by atoms with van der Waals surface area (Å²) < 4.78 is 0. The molecular weight excluding hydrogens is 294 g/mol. The van der Waals surface area contributed by atoms with E-state index < -0.39 is 0 Å². The van der Waals surface area contributed by atoms with Crippen molar-refractivity contribution in [1.82, 2.24) is 19.9 Å². The van der Waals surface area contributed by atoms with Crippen molar-refractivity contribution in [3.63, 3.8) is 0 Å². The molecule has 0 aliphatic rings. The molecule has 0 spiro atoms. The van der Waals surface area contributed by atoms with Gasteiger partial charge in [-0.3, -0.25) is 4.98 Å². The van der Waals surface area contributed by atoms with Crippen molar-refractivity contribution in [3.05, 3.63) is 52.4 Å². The average molecular weight is 311 g/mol. The lowest BCUT2D eigenvalue weighted by atomic mass is 10.2. The highest BCUT2D eigenvalue weighted by Gasteiger charge is 2.10. The van der Waals surface area contributed by atoms with Crippen molar-refractivity contribution < 1.29 is 0 Å². The van der Waals surface area contributed by atoms with Gasteiger partial charge in [-0.25, -0.2) is 15.0 Å². The van der Waals surface area contributed by atoms with E-state index in [0.717, 1.165) is 34.3 Å². The third-order valence-electron chi connectivity index (χ3n) is 3.19. The standard InChI is InChI=1S/C16H17N5S/c1-11-7-14(21(3)9-15-18-12(2)10-22-15)20-16(19-11)13-5-4-6-17-8-13/h4-8,10H,9H2,1-3H3. The number of nitrogens with zero attached hydrogens (tertiary/aromatic N) is 5. The largest absolute Gasteiger partial charge is 0.353 e. The monoisotopic (exact) mass is 311 g/mol. The van der Waals surface area contributed by atoms with E-state index in [1.54, 1.807) is 23.7 Å². The fourth-order valence-electron chi connectivity index (χ4n) is 2.13. The number of hydrogen-bond donors (Lipinski definition) is 0. The Hall–Kier alpha value is -2.34. The van der Waals surface area contributed by atoms with Crippen LogP contribution in [-0.4, -0.2) is 27.0 Å². The van der Waals surface area contributed by atoms with Gasteiger partial charge in [-0.1, -0.05) is 0 Å². The maximum atomic E-state index is 4.66. The van der Waals surface area contributed by atoms with Crippen LogP contribution in [0.25, 0.3) is 11.4 Å². The molecule has 0 saturated heterocycles. The topological polar surface area (TPSA) is 54.8 Å². The summed E-state index contributed by atoms with van der Waals surface area (Å²) in [6, 6.07) is 5.85. The van der Waals surface area contributed by atoms with Gasteiger partial charge in [-0.15, -0.1) is 11.3 Å². The van der Waals surface area contributed by atoms with Crippen molar-refractivity contribution in [1.29, 1.82) is 0 Å². The van der Waals surface area contributed by atoms with E-state index in [9.17, 15) is 0 Å². The number of thiazole rings is 1. The smallest absolute Gasteiger partial charge is 0.163 e. The zero-order valence-corrected chi connectivity index (χ0v) is 13.6. The van der Waals surface area contributed by atoms with Crippen molar-refractivity contribution in [2.75, 3.05) is 11.9 Å². The summed E-state index contributed by atoms with van der Waals surface area (Å²) in [6.45, 7) is 4.73. The van der Waals surface area contributed by atoms with E-state index in [1.165, 1.54) is 0 Å². The molecule has 3 aromatic heterocycles. The Bertz CT molecular complexity index is 769. The molecule has 112 valence electrons. The Morgan fingerprint density at radius 2 is 2.00 bits per heavy atom. The summed E-state index contributed by atoms with van der Waals surface area (Å²) in [4.78, 5) is 19.9. The Morgan fingerprint density at radius 1 is 1.14 bits per heavy atom. The zero-order valence-electron chi connectivity index (χ0n) is 12.8. The molecule has 22 heavy (non-hydrogen) atoms. The highest BCUT2D eigenvalue weighted by Crippen LogP contribution is 2.20. The van der Waals surface area contributed by atoms with Crippen LogP contribution >= 0.6 is 11.3 Å². The summed E-state index contributed by atoms with van der Waals surface area (Å²) in [5.74, 6) is 1.59. The minimum atomic E-state index is 0.699. The summed E-state index contributed by atoms with van der Waals surface area (Å²) in [5, 5.41) is 3.15. The third-order valence-corrected chi connectivity index (χ3v) is 4.14. The average Bonchev–Trinajstić information content (AvgIpc) is 2.92. The van der Waals surface area contributed by atoms with Gasteiger partial charge in [-0.05, 0) is 26.0 Å². The molecule has 0 bridgehead atoms. The Balaban J connectivity index is 1.89. The summed E-state index contributed by atoms with van der Waals surface area (Å²) >= 11 is 1.67. The molecule has 0 fully saturated rings. The molecule has 0 aromatic carbocycles. The van der Waals surface area contributed by atoms with Crippen molar-refractivity contribution in [2.24, 2.45) is 0 Å². The number of aromatic nitrogens is 4. The molecule has 0 amide bonds. The first-order valence-electron chi connectivity index (χ1n) is 7.00. The molecule has 0 radical (unpaired) electrons. The number of pyridine rings is 1. The Labute approximate surface area is 133 Å². The molecule has 3 rings (SSSR count). The van der Waals surface area contributed by atoms with E-state index in [0.29, 0.717) is 5.82 Å². The van der Waals surface area contributed by atoms with Gasteiger partial charge in [0.1, 0.15) is 10.8 Å². The van der Waals surface area contributed by atoms with Crippen LogP contribution in [0.3, 0.4) is 0 Å². The lowest BCUT2D eigenvalue weighted by molar-refractivity contribution is 0.875. The molecule has 0 N–H and O–H groups in total. The molecule has 6 heteroatoms. The second-order valence-corrected chi connectivity index (χ2v) is 6.11. The van der Waals surface area contributed by atoms with E-state index in [4.69, 9.17) is 0 Å². The van der Waals surface area contributed by atoms with Gasteiger partial charge in [0.05, 0.1) is 6.54 Å². The molecule has 0 unspecified atom stereocenters. The normalized spacial score (nSPS) is 10.7. The fourth-order valence-corrected chi connectivity index (χ4v) is 2.95. The van der Waals surface area contributed by atoms with Crippen molar-refractivity contribution in [2.45, 2.75) is 20.4 Å². The first-order valence-corrected chi connectivity index (χ1v) is 7.88. The quantitative estimate of drug-likeness (QED) is 0.740. The molecule has 3 aromatic rings. The second-order valence-electron chi connectivity index (χ2n) is 5.17. The van der Waals surface area contributed by atoms with E-state index in [-0.39, 0.29) is 0 Å². The van der Waals surface area contributed by atoms with Gasteiger partial charge in [-0.2, -0.15) is 0 Å². The van der Waals surface area contributed by atoms with Crippen LogP contribution in [0, 0.1) is 13.8 Å². The summed E-state index contributed by atoms with van der Waals surface area (Å²) in [7, 11) is 2.02. The minimum Gasteiger partial charge on any atom is -0.353 e. The predicted octanol–water partition coefficient (Wildman–Crippen LogP) is 3.25. The molecule has 0 saturated carbocycles. The summed E-state index contributed by atoms with van der Waals surface area (Å²) in [6.07, 6.45) is 3.53. The van der Waals surface area contributed by atoms with Crippen LogP contribution in [0.5, 0.6) is 0 Å². The molecule has 0 atom stereocenters. The molecule has 3 heterocycles. The van der Waals surface area contributed by atoms with Gasteiger partial charge in [0.2, 0.25) is 0 Å². The maximum Gasteiger partial charge on any atom is 0.163 e. The summed E-state index contributed by atoms with van der Waals surface area (Å²) in [5.41, 5.74) is 2.92. The highest BCUT2D eigenvalue weighted by molar-refractivity contribution is 7.09. The molecule has 5 nitrogen and oxygen atoms in total. The maximum absolute atomic E-state index is 4.66. The van der Waals surface area contributed by atoms with Gasteiger partial charge in [0.25, 0.3) is 0 Å². The van der Waals surface area contributed by atoms with Crippen molar-refractivity contribution >= 4 is 17.2 Å². The van der Waals surface area contributed by atoms with Gasteiger partial charge < -0.3 is 4.90 Å². The second kappa shape index (κ2) is 6.19. The van der Waals surface area contributed by atoms with E-state index in [1.807, 2.05) is 39.1 Å². The van der Waals surface area contributed by atoms with E-state index >= 15 is 0 Å². The van der Waals surface area contributed by atoms with Crippen LogP contribution in [0.1, 0.15) is 16.4 Å². The predicted molar refractivity (Wildman–Crippen MR) is 89.0 cm³/mol. The molecule has 0 aliphatic heterocycles. The lowest BCUT2D eigenvalue weighted by Gasteiger charge is -2.17. The first kappa shape index (κ1) is 14.6. The number of aryl methyl sites for hydroxylation is 2. The van der Waals surface area contributed by atoms with Gasteiger partial charge in [0, 0.05) is 47.8 Å². The number of rotatable bonds is 4. The molecule has 0 aliphatic carbocycles. The lowest BCUT2D eigenvalue weighted by Crippen LogP contribution is -2.18. The van der Waals surface area contributed by atoms with Gasteiger partial charge in [0.15, 0.2) is 5.82 Å². The third kappa shape index (κ3) is 3.28. The fraction of sp³-hybridized carbons (Fsp3) is 0.250. The Morgan fingerprint density at radius 3 is 2.68 bits per heavy atom. The van der Waals surface area contributed by atoms with Gasteiger partial charge >= 0.3 is 0 Å². The number of anilines is 1. The highest BCUT2D eigenvalue weighted by atomic mass is 32.1. The van der Waals surface area contributed by atoms with Crippen molar-refractivity contribution in [3.8, 4) is 11.4 Å². The van der Waals surface area contributed by atoms with Crippen LogP contribution in [0.15, 0.2) is 36.0 Å². The van der Waals surface area contributed by atoms with Crippen LogP contribution in [0.4, 0.5) is 5.82 Å². The first-order chi connectivity index (χ1) is 10.6. The number of hydrogen-bond acceptors (Lipinski definition) is 6. The Kier molecular flexibility index (Phi) is 4.11. The SMILES string of the molecule is Cc1cc(N(C)Cc2nc(C)cs2)nc(-c2cccnc2)n1. The van der Waals surface area contributed by atoms with Crippen LogP contribution in [0.2, 0.25) is 0 Å². The zero-order chi connectivity index (χ0) is 15.5. The van der Waals surface area contributed by atoms with E-state index in [2.05, 4.69) is 30.2 Å².